The summed E-state index contributed by atoms with van der Waals surface area (Å²) >= 11 is 0. The second-order valence-electron chi connectivity index (χ2n) is 2.39. The Bertz CT molecular complexity index is 54.5. The molecular weight excluding hydrogens is 117 g/mol. The summed E-state index contributed by atoms with van der Waals surface area (Å²) in [4.78, 5) is 2.35. The Balaban J connectivity index is 3.10. The summed E-state index contributed by atoms with van der Waals surface area (Å²) in [6, 6.07) is 0. The van der Waals surface area contributed by atoms with Crippen molar-refractivity contribution in [2.45, 2.75) is 6.92 Å². The standard InChI is InChI=1S/C6H16NP/c1-5-7(2)6-8(3)4/h5-6H2,1-4H3. The van der Waals surface area contributed by atoms with Gasteiger partial charge in [0.25, 0.3) is 0 Å². The smallest absolute Gasteiger partial charge is 0.0175 e. The average molecular weight is 133 g/mol. The van der Waals surface area contributed by atoms with Crippen LogP contribution in [0, 0.1) is 0 Å². The molecule has 2 heteroatoms. The van der Waals surface area contributed by atoms with Crippen LogP contribution in [0.25, 0.3) is 0 Å². The number of hydrogen-bond acceptors (Lipinski definition) is 1. The molecule has 0 spiro atoms. The Hall–Kier alpha value is 0.390. The Labute approximate surface area is 53.8 Å². The maximum Gasteiger partial charge on any atom is 0.0175 e. The lowest BCUT2D eigenvalue weighted by Gasteiger charge is -2.15. The summed E-state index contributed by atoms with van der Waals surface area (Å²) in [5, 5.41) is 0. The first-order chi connectivity index (χ1) is 3.66. The second kappa shape index (κ2) is 4.29. The van der Waals surface area contributed by atoms with Crippen LogP contribution in [-0.2, 0) is 0 Å². The van der Waals surface area contributed by atoms with Gasteiger partial charge in [-0.05, 0) is 26.9 Å². The highest BCUT2D eigenvalue weighted by molar-refractivity contribution is 7.55. The maximum absolute atomic E-state index is 2.35. The molecule has 50 valence electrons. The van der Waals surface area contributed by atoms with Crippen LogP contribution in [0.15, 0.2) is 0 Å². The van der Waals surface area contributed by atoms with Gasteiger partial charge in [0.2, 0.25) is 0 Å². The zero-order valence-electron chi connectivity index (χ0n) is 6.31. The second-order valence-corrected chi connectivity index (χ2v) is 4.84. The van der Waals surface area contributed by atoms with E-state index in [-0.39, 0.29) is 7.92 Å². The molecule has 0 rings (SSSR count). The third-order valence-electron chi connectivity index (χ3n) is 1.06. The van der Waals surface area contributed by atoms with Gasteiger partial charge in [-0.15, -0.1) is 0 Å². The van der Waals surface area contributed by atoms with Crippen LogP contribution in [0.2, 0.25) is 0 Å². The van der Waals surface area contributed by atoms with Gasteiger partial charge in [0.1, 0.15) is 0 Å². The Morgan fingerprint density at radius 3 is 2.00 bits per heavy atom. The van der Waals surface area contributed by atoms with Crippen LogP contribution >= 0.6 is 7.92 Å². The molecule has 0 fully saturated rings. The molecule has 0 aliphatic rings. The molecule has 0 amide bonds. The fourth-order valence-electron chi connectivity index (χ4n) is 0.583. The van der Waals surface area contributed by atoms with E-state index in [0.717, 1.165) is 0 Å². The van der Waals surface area contributed by atoms with Crippen molar-refractivity contribution in [3.05, 3.63) is 0 Å². The normalized spacial score (nSPS) is 11.2. The predicted molar refractivity (Wildman–Crippen MR) is 41.9 cm³/mol. The summed E-state index contributed by atoms with van der Waals surface area (Å²) in [6.45, 7) is 7.99. The molecule has 0 unspecified atom stereocenters. The highest BCUT2D eigenvalue weighted by Gasteiger charge is 1.95. The van der Waals surface area contributed by atoms with Crippen LogP contribution in [0.1, 0.15) is 6.92 Å². The quantitative estimate of drug-likeness (QED) is 0.529. The minimum absolute atomic E-state index is 0.280. The monoisotopic (exact) mass is 133 g/mol. The minimum atomic E-state index is 0.280. The first-order valence-corrected chi connectivity index (χ1v) is 5.42. The zero-order chi connectivity index (χ0) is 6.57. The molecule has 0 heterocycles. The van der Waals surface area contributed by atoms with Gasteiger partial charge in [-0.1, -0.05) is 14.8 Å². The summed E-state index contributed by atoms with van der Waals surface area (Å²) in [7, 11) is 2.45. The van der Waals surface area contributed by atoms with Crippen LogP contribution in [0.3, 0.4) is 0 Å². The lowest BCUT2D eigenvalue weighted by Crippen LogP contribution is -2.16. The van der Waals surface area contributed by atoms with E-state index in [1.165, 1.54) is 12.8 Å². The number of nitrogens with zero attached hydrogens (tertiary/aromatic N) is 1. The first-order valence-electron chi connectivity index (χ1n) is 3.00. The van der Waals surface area contributed by atoms with E-state index >= 15 is 0 Å². The number of hydrogen-bond donors (Lipinski definition) is 0. The van der Waals surface area contributed by atoms with Crippen molar-refractivity contribution in [1.29, 1.82) is 0 Å². The van der Waals surface area contributed by atoms with Crippen molar-refractivity contribution < 1.29 is 0 Å². The molecule has 0 saturated carbocycles. The largest absolute Gasteiger partial charge is 0.303 e. The van der Waals surface area contributed by atoms with E-state index in [2.05, 4.69) is 32.2 Å². The topological polar surface area (TPSA) is 3.24 Å². The van der Waals surface area contributed by atoms with Gasteiger partial charge in [0.15, 0.2) is 0 Å². The molecule has 0 bridgehead atoms. The molecule has 0 aliphatic heterocycles. The predicted octanol–water partition coefficient (Wildman–Crippen LogP) is 1.64. The Kier molecular flexibility index (Phi) is 4.50. The SMILES string of the molecule is CCN(C)CP(C)C. The fourth-order valence-corrected chi connectivity index (χ4v) is 1.75. The van der Waals surface area contributed by atoms with E-state index in [0.29, 0.717) is 0 Å². The van der Waals surface area contributed by atoms with Crippen molar-refractivity contribution in [2.24, 2.45) is 0 Å². The van der Waals surface area contributed by atoms with E-state index in [1.807, 2.05) is 0 Å². The Morgan fingerprint density at radius 2 is 1.88 bits per heavy atom. The lowest BCUT2D eigenvalue weighted by atomic mass is 10.7. The summed E-state index contributed by atoms with van der Waals surface area (Å²) in [5.41, 5.74) is 0. The molecule has 1 nitrogen and oxygen atoms in total. The summed E-state index contributed by atoms with van der Waals surface area (Å²) < 4.78 is 0. The van der Waals surface area contributed by atoms with Gasteiger partial charge >= 0.3 is 0 Å². The molecule has 0 aliphatic carbocycles. The molecule has 0 aromatic heterocycles. The summed E-state index contributed by atoms with van der Waals surface area (Å²) in [6.07, 6.45) is 1.28. The van der Waals surface area contributed by atoms with Crippen molar-refractivity contribution in [2.75, 3.05) is 33.2 Å². The third-order valence-corrected chi connectivity index (χ3v) is 2.11. The van der Waals surface area contributed by atoms with Crippen LogP contribution in [0.5, 0.6) is 0 Å². The highest BCUT2D eigenvalue weighted by atomic mass is 31.1. The molecule has 8 heavy (non-hydrogen) atoms. The van der Waals surface area contributed by atoms with Gasteiger partial charge in [-0.25, -0.2) is 0 Å². The first kappa shape index (κ1) is 8.39. The average Bonchev–Trinajstić information content (AvgIpc) is 1.65. The maximum atomic E-state index is 2.35. The van der Waals surface area contributed by atoms with Crippen LogP contribution < -0.4 is 0 Å². The van der Waals surface area contributed by atoms with Gasteiger partial charge in [-0.2, -0.15) is 0 Å². The molecule has 0 saturated heterocycles. The van der Waals surface area contributed by atoms with Gasteiger partial charge in [-0.3, -0.25) is 0 Å². The molecule has 0 radical (unpaired) electrons. The van der Waals surface area contributed by atoms with E-state index in [4.69, 9.17) is 0 Å². The van der Waals surface area contributed by atoms with Crippen molar-refractivity contribution >= 4 is 7.92 Å². The van der Waals surface area contributed by atoms with E-state index in [9.17, 15) is 0 Å². The molecule has 0 aromatic rings. The van der Waals surface area contributed by atoms with E-state index < -0.39 is 0 Å². The van der Waals surface area contributed by atoms with Crippen LogP contribution in [-0.4, -0.2) is 38.1 Å². The van der Waals surface area contributed by atoms with Crippen molar-refractivity contribution in [3.63, 3.8) is 0 Å². The summed E-state index contributed by atoms with van der Waals surface area (Å²) in [5.74, 6) is 0. The van der Waals surface area contributed by atoms with Crippen LogP contribution in [0.4, 0.5) is 0 Å². The van der Waals surface area contributed by atoms with Gasteiger partial charge in [0, 0.05) is 6.29 Å². The molecular formula is C6H16NP. The zero-order valence-corrected chi connectivity index (χ0v) is 7.20. The molecule has 0 N–H and O–H groups in total. The van der Waals surface area contributed by atoms with E-state index in [1.54, 1.807) is 0 Å². The number of rotatable bonds is 3. The molecule has 0 atom stereocenters. The Morgan fingerprint density at radius 1 is 1.38 bits per heavy atom. The van der Waals surface area contributed by atoms with Gasteiger partial charge < -0.3 is 4.90 Å². The fraction of sp³-hybridized carbons (Fsp3) is 1.00. The van der Waals surface area contributed by atoms with Gasteiger partial charge in [0.05, 0.1) is 0 Å². The lowest BCUT2D eigenvalue weighted by molar-refractivity contribution is 0.413. The molecule has 0 aromatic carbocycles. The third kappa shape index (κ3) is 4.55. The minimum Gasteiger partial charge on any atom is -0.303 e. The van der Waals surface area contributed by atoms with Crippen molar-refractivity contribution in [3.8, 4) is 0 Å². The highest BCUT2D eigenvalue weighted by Crippen LogP contribution is 2.23. The van der Waals surface area contributed by atoms with Crippen molar-refractivity contribution in [1.82, 2.24) is 4.90 Å².